The second-order valence-corrected chi connectivity index (χ2v) is 5.43. The van der Waals surface area contributed by atoms with Crippen LogP contribution in [0.3, 0.4) is 0 Å². The number of unbranched alkanes of at least 4 members (excludes halogenated alkanes) is 2. The lowest BCUT2D eigenvalue weighted by molar-refractivity contribution is -0.173. The third-order valence-corrected chi connectivity index (χ3v) is 2.97. The summed E-state index contributed by atoms with van der Waals surface area (Å²) in [6.07, 6.45) is 0.880. The van der Waals surface area contributed by atoms with Crippen molar-refractivity contribution < 1.29 is 38.1 Å². The molecular formula is C25H60BIO8. The standard InChI is InChI=1S/C17H26O8.8CH4.BH.HI/c1-12(10-13(2)18)16(20)23-9-7-5-6-8-15(19)25-14(3)17(21)24-11-22-4;;;;;;;;;;/h14H,1,5-11H2,2-4H3;8*1H4;2*1H/i;;;;;;;;;1D;/hT. The number of hydrogen-bond donors (Lipinski definition) is 0. The summed E-state index contributed by atoms with van der Waals surface area (Å²) in [5.74, 6) is -1.92. The van der Waals surface area contributed by atoms with Crippen LogP contribution in [0.5, 0.6) is 0 Å². The van der Waals surface area contributed by atoms with Gasteiger partial charge in [-0.05, 0) is 34.4 Å². The predicted molar refractivity (Wildman–Crippen MR) is 164 cm³/mol. The van der Waals surface area contributed by atoms with Gasteiger partial charge in [0.1, 0.15) is 6.38 Å². The Hall–Kier alpha value is -1.43. The number of hydrogen-bond acceptors (Lipinski definition) is 8. The Morgan fingerprint density at radius 3 is 1.86 bits per heavy atom. The molecule has 0 aliphatic rings. The van der Waals surface area contributed by atoms with Crippen molar-refractivity contribution in [2.75, 3.05) is 20.5 Å². The van der Waals surface area contributed by atoms with Crippen molar-refractivity contribution in [2.45, 2.75) is 111 Å². The first-order chi connectivity index (χ1) is 13.8. The second-order valence-electron chi connectivity index (χ2n) is 5.43. The van der Waals surface area contributed by atoms with Gasteiger partial charge in [-0.3, -0.25) is 9.59 Å². The molecule has 35 heavy (non-hydrogen) atoms. The molecule has 0 aromatic rings. The summed E-state index contributed by atoms with van der Waals surface area (Å²) in [7, 11) is 5.13. The number of halogens is 1. The van der Waals surface area contributed by atoms with Gasteiger partial charge in [-0.25, -0.2) is 9.59 Å². The van der Waals surface area contributed by atoms with Crippen molar-refractivity contribution in [3.8, 4) is 0 Å². The fourth-order valence-corrected chi connectivity index (χ4v) is 1.73. The van der Waals surface area contributed by atoms with Gasteiger partial charge in [-0.15, -0.1) is 23.8 Å². The van der Waals surface area contributed by atoms with Crippen molar-refractivity contribution in [1.82, 2.24) is 0 Å². The van der Waals surface area contributed by atoms with Crippen LogP contribution >= 0.6 is 23.8 Å². The van der Waals surface area contributed by atoms with Gasteiger partial charge >= 0.3 is 17.9 Å². The molecule has 2 radical (unpaired) electrons. The first-order valence-corrected chi connectivity index (χ1v) is 7.97. The minimum atomic E-state index is -0.990. The van der Waals surface area contributed by atoms with Crippen LogP contribution in [0.2, 0.25) is 0 Å². The highest BCUT2D eigenvalue weighted by molar-refractivity contribution is 14.0. The maximum absolute atomic E-state index is 11.6. The first kappa shape index (κ1) is 59.0. The van der Waals surface area contributed by atoms with Crippen molar-refractivity contribution in [3.05, 3.63) is 12.2 Å². The highest BCUT2D eigenvalue weighted by Gasteiger charge is 2.18. The second kappa shape index (κ2) is 42.7. The van der Waals surface area contributed by atoms with E-state index in [1.54, 1.807) is 0 Å². The molecule has 0 rings (SSSR count). The van der Waals surface area contributed by atoms with Crippen LogP contribution in [-0.2, 0) is 38.1 Å². The van der Waals surface area contributed by atoms with Crippen LogP contribution in [0.4, 0.5) is 0 Å². The molecule has 1 atom stereocenters. The van der Waals surface area contributed by atoms with Crippen LogP contribution < -0.4 is 0 Å². The lowest BCUT2D eigenvalue weighted by atomic mass is 10.1. The van der Waals surface area contributed by atoms with E-state index in [2.05, 4.69) is 24.4 Å². The van der Waals surface area contributed by atoms with E-state index in [9.17, 15) is 19.2 Å². The van der Waals surface area contributed by atoms with Gasteiger partial charge in [0.15, 0.2) is 12.9 Å². The number of methoxy groups -OCH3 is 1. The van der Waals surface area contributed by atoms with E-state index in [4.69, 9.17) is 11.4 Å². The van der Waals surface area contributed by atoms with E-state index in [-0.39, 0.29) is 97.0 Å². The maximum atomic E-state index is 11.6. The third kappa shape index (κ3) is 40.0. The lowest BCUT2D eigenvalue weighted by Gasteiger charge is -2.12. The Balaban J connectivity index is -0.0000000594. The average Bonchev–Trinajstić information content (AvgIpc) is 2.70. The van der Waals surface area contributed by atoms with Crippen molar-refractivity contribution in [3.63, 3.8) is 0 Å². The zero-order valence-electron chi connectivity index (χ0n) is 18.0. The van der Waals surface area contributed by atoms with Crippen LogP contribution in [-0.4, -0.2) is 60.6 Å². The van der Waals surface area contributed by atoms with Gasteiger partial charge in [0, 0.05) is 33.9 Å². The summed E-state index contributed by atoms with van der Waals surface area (Å²) < 4.78 is 30.1. The van der Waals surface area contributed by atoms with E-state index >= 15 is 0 Å². The van der Waals surface area contributed by atoms with Crippen LogP contribution in [0.15, 0.2) is 12.2 Å². The Bertz CT molecular complexity index is 511. The minimum Gasteiger partial charge on any atom is -0.462 e. The van der Waals surface area contributed by atoms with Crippen molar-refractivity contribution in [1.29, 1.82) is 1.93 Å². The molecule has 0 saturated carbocycles. The molecule has 0 aliphatic carbocycles. The van der Waals surface area contributed by atoms with Crippen molar-refractivity contribution in [2.24, 2.45) is 0 Å². The number of ether oxygens (including phenoxy) is 4. The number of ketones is 1. The molecule has 0 spiro atoms. The quantitative estimate of drug-likeness (QED) is 0.0419. The topological polar surface area (TPSA) is 105 Å². The lowest BCUT2D eigenvalue weighted by Crippen LogP contribution is -2.26. The Morgan fingerprint density at radius 1 is 0.943 bits per heavy atom. The molecule has 0 heterocycles. The normalized spacial score (nSPS) is 8.46. The molecule has 1 unspecified atom stereocenters. The summed E-state index contributed by atoms with van der Waals surface area (Å²) in [6.45, 7) is 6.27. The highest BCUT2D eigenvalue weighted by Crippen LogP contribution is 2.06. The first-order valence-electron chi connectivity index (χ1n) is 8.92. The summed E-state index contributed by atoms with van der Waals surface area (Å²) in [6, 6.07) is 0. The summed E-state index contributed by atoms with van der Waals surface area (Å²) in [4.78, 5) is 45.3. The molecule has 0 fully saturated rings. The number of Topliss-reactive ketones (excluding diaryl/α,β-unsaturated/α-hetero) is 1. The highest BCUT2D eigenvalue weighted by atomic mass is 127. The van der Waals surface area contributed by atoms with Gasteiger partial charge in [-0.2, -0.15) is 0 Å². The summed E-state index contributed by atoms with van der Waals surface area (Å²) >= 11 is 1.40. The number of rotatable bonds is 13. The zero-order chi connectivity index (χ0) is 23.2. The van der Waals surface area contributed by atoms with Crippen LogP contribution in [0, 0.1) is 0 Å². The molecule has 0 aromatic heterocycles. The third-order valence-electron chi connectivity index (χ3n) is 2.97. The largest absolute Gasteiger partial charge is 0.462 e. The van der Waals surface area contributed by atoms with Crippen LogP contribution in [0.1, 0.15) is 105 Å². The molecule has 0 saturated heterocycles. The van der Waals surface area contributed by atoms with Crippen molar-refractivity contribution >= 4 is 55.8 Å². The number of esters is 3. The summed E-state index contributed by atoms with van der Waals surface area (Å²) in [5, 5.41) is 0. The molecule has 0 aromatic carbocycles. The van der Waals surface area contributed by atoms with E-state index in [0.717, 1.165) is 0 Å². The molecule has 8 nitrogen and oxygen atoms in total. The average molecular weight is 629 g/mol. The summed E-state index contributed by atoms with van der Waals surface area (Å²) in [5.41, 5.74) is 0.130. The minimum absolute atomic E-state index is 0. The van der Waals surface area contributed by atoms with Gasteiger partial charge in [0.05, 0.1) is 6.61 Å². The predicted octanol–water partition coefficient (Wildman–Crippen LogP) is 6.76. The maximum Gasteiger partial charge on any atom is 0.349 e. The molecule has 0 bridgehead atoms. The van der Waals surface area contributed by atoms with Gasteiger partial charge in [0.25, 0.3) is 0 Å². The monoisotopic (exact) mass is 629 g/mol. The van der Waals surface area contributed by atoms with E-state index in [1.807, 2.05) is 0 Å². The Kier molecular flexibility index (Phi) is 72.0. The number of carbonyl (C=O) groups is 4. The van der Waals surface area contributed by atoms with Gasteiger partial charge < -0.3 is 18.9 Å². The molecular weight excluding hydrogens is 566 g/mol. The number of carbonyl (C=O) groups excluding carboxylic acids is 4. The smallest absolute Gasteiger partial charge is 0.349 e. The molecule has 0 amide bonds. The molecule has 0 aliphatic heterocycles. The fourth-order valence-electron chi connectivity index (χ4n) is 1.73. The Morgan fingerprint density at radius 2 is 1.43 bits per heavy atom. The molecule has 0 N–H and O–H groups in total. The van der Waals surface area contributed by atoms with E-state index in [0.29, 0.717) is 19.3 Å². The zero-order valence-corrected chi connectivity index (χ0v) is 18.1. The van der Waals surface area contributed by atoms with Crippen LogP contribution in [0.25, 0.3) is 0 Å². The van der Waals surface area contributed by atoms with Gasteiger partial charge in [-0.1, -0.05) is 66.0 Å². The molecule has 10 heteroatoms. The van der Waals surface area contributed by atoms with Gasteiger partial charge in [0.2, 0.25) is 0 Å². The van der Waals surface area contributed by atoms with E-state index < -0.39 is 24.0 Å². The SMILES string of the molecule is C.C.C.C.C.C.C.C.C=C(CC(C)=O)C(=O)OCCCCCC(=O)OC(C)C(=O)OCOC.[2H][B].[3H]I. The van der Waals surface area contributed by atoms with E-state index in [1.165, 1.54) is 44.7 Å². The molecule has 218 valence electrons. The fraction of sp³-hybridized carbons (Fsp3) is 0.760. The Labute approximate surface area is 239 Å².